The first-order chi connectivity index (χ1) is 11.6. The average molecular weight is 344 g/mol. The Morgan fingerprint density at radius 3 is 2.83 bits per heavy atom. The Balaban J connectivity index is 1.54. The first-order valence-electron chi connectivity index (χ1n) is 8.53. The van der Waals surface area contributed by atoms with Crippen molar-refractivity contribution in [2.24, 2.45) is 0 Å². The van der Waals surface area contributed by atoms with Gasteiger partial charge in [0.05, 0.1) is 11.4 Å². The molecule has 0 aromatic carbocycles. The van der Waals surface area contributed by atoms with Gasteiger partial charge in [-0.05, 0) is 57.4 Å². The molecule has 24 heavy (non-hydrogen) atoms. The van der Waals surface area contributed by atoms with Crippen molar-refractivity contribution in [1.82, 2.24) is 14.8 Å². The summed E-state index contributed by atoms with van der Waals surface area (Å²) >= 11 is 1.55. The van der Waals surface area contributed by atoms with E-state index in [9.17, 15) is 9.59 Å². The van der Waals surface area contributed by atoms with Gasteiger partial charge < -0.3 is 5.32 Å². The van der Waals surface area contributed by atoms with Crippen molar-refractivity contribution in [3.8, 4) is 0 Å². The number of amides is 1. The van der Waals surface area contributed by atoms with Crippen molar-refractivity contribution in [1.29, 1.82) is 0 Å². The van der Waals surface area contributed by atoms with Crippen LogP contribution in [0.4, 0.5) is 5.13 Å². The van der Waals surface area contributed by atoms with Crippen LogP contribution in [0.25, 0.3) is 0 Å². The number of carbonyl (C=O) groups excluding carboxylic acids is 1. The number of thiazole rings is 1. The minimum Gasteiger partial charge on any atom is -0.300 e. The van der Waals surface area contributed by atoms with Gasteiger partial charge in [-0.3, -0.25) is 9.59 Å². The lowest BCUT2D eigenvalue weighted by Crippen LogP contribution is -2.33. The minimum atomic E-state index is -0.649. The van der Waals surface area contributed by atoms with E-state index >= 15 is 0 Å². The maximum Gasteiger partial charge on any atom is 0.267 e. The van der Waals surface area contributed by atoms with Crippen LogP contribution in [0.5, 0.6) is 0 Å². The van der Waals surface area contributed by atoms with Gasteiger partial charge in [-0.2, -0.15) is 5.10 Å². The summed E-state index contributed by atoms with van der Waals surface area (Å²) in [5.41, 5.74) is 2.87. The smallest absolute Gasteiger partial charge is 0.267 e. The summed E-state index contributed by atoms with van der Waals surface area (Å²) in [7, 11) is 0. The first-order valence-corrected chi connectivity index (χ1v) is 9.34. The van der Waals surface area contributed by atoms with Crippen molar-refractivity contribution in [3.05, 3.63) is 38.2 Å². The normalized spacial score (nSPS) is 17.2. The van der Waals surface area contributed by atoms with E-state index in [1.807, 2.05) is 0 Å². The van der Waals surface area contributed by atoms with E-state index < -0.39 is 6.04 Å². The molecular weight excluding hydrogens is 324 g/mol. The lowest BCUT2D eigenvalue weighted by atomic mass is 10.0. The van der Waals surface area contributed by atoms with E-state index in [2.05, 4.69) is 15.4 Å². The molecule has 2 aromatic heterocycles. The van der Waals surface area contributed by atoms with E-state index in [1.54, 1.807) is 24.3 Å². The van der Waals surface area contributed by atoms with Crippen LogP contribution in [-0.2, 0) is 30.5 Å². The summed E-state index contributed by atoms with van der Waals surface area (Å²) in [5.74, 6) is -0.242. The Bertz CT molecular complexity index is 831. The number of carbonyl (C=O) groups is 1. The Hall–Kier alpha value is -2.02. The van der Waals surface area contributed by atoms with Gasteiger partial charge in [-0.1, -0.05) is 0 Å². The minimum absolute atomic E-state index is 0.211. The summed E-state index contributed by atoms with van der Waals surface area (Å²) in [4.78, 5) is 30.6. The van der Waals surface area contributed by atoms with Crippen molar-refractivity contribution < 1.29 is 4.79 Å². The number of hydrogen-bond acceptors (Lipinski definition) is 5. The molecule has 4 rings (SSSR count). The largest absolute Gasteiger partial charge is 0.300 e. The third-order valence-corrected chi connectivity index (χ3v) is 5.88. The predicted molar refractivity (Wildman–Crippen MR) is 92.6 cm³/mol. The fourth-order valence-corrected chi connectivity index (χ4v) is 4.47. The summed E-state index contributed by atoms with van der Waals surface area (Å²) in [6.07, 6.45) is 7.19. The average Bonchev–Trinajstić information content (AvgIpc) is 3.18. The molecule has 0 bridgehead atoms. The molecule has 0 fully saturated rings. The molecule has 0 spiro atoms. The van der Waals surface area contributed by atoms with Crippen LogP contribution in [-0.4, -0.2) is 20.7 Å². The summed E-state index contributed by atoms with van der Waals surface area (Å²) < 4.78 is 1.30. The van der Waals surface area contributed by atoms with E-state index in [4.69, 9.17) is 0 Å². The van der Waals surface area contributed by atoms with Crippen molar-refractivity contribution >= 4 is 22.4 Å². The van der Waals surface area contributed by atoms with E-state index in [1.165, 1.54) is 16.0 Å². The highest BCUT2D eigenvalue weighted by molar-refractivity contribution is 7.15. The maximum atomic E-state index is 12.5. The summed E-state index contributed by atoms with van der Waals surface area (Å²) in [5, 5.41) is 7.90. The Kier molecular flexibility index (Phi) is 3.96. The van der Waals surface area contributed by atoms with E-state index in [0.29, 0.717) is 5.13 Å². The summed E-state index contributed by atoms with van der Waals surface area (Å²) in [6.45, 7) is 1.71. The van der Waals surface area contributed by atoms with Gasteiger partial charge in [0, 0.05) is 10.9 Å². The molecule has 1 amide bonds. The van der Waals surface area contributed by atoms with Crippen LogP contribution in [0.3, 0.4) is 0 Å². The Morgan fingerprint density at radius 1 is 1.21 bits per heavy atom. The van der Waals surface area contributed by atoms with Gasteiger partial charge in [0.2, 0.25) is 0 Å². The van der Waals surface area contributed by atoms with Crippen molar-refractivity contribution in [2.45, 2.75) is 57.9 Å². The molecule has 2 aliphatic carbocycles. The molecule has 7 heteroatoms. The van der Waals surface area contributed by atoms with Gasteiger partial charge in [0.1, 0.15) is 6.04 Å². The van der Waals surface area contributed by atoms with Gasteiger partial charge in [-0.25, -0.2) is 9.67 Å². The van der Waals surface area contributed by atoms with Gasteiger partial charge in [-0.15, -0.1) is 11.3 Å². The second-order valence-electron chi connectivity index (χ2n) is 6.51. The van der Waals surface area contributed by atoms with E-state index in [0.717, 1.165) is 55.5 Å². The van der Waals surface area contributed by atoms with Crippen LogP contribution < -0.4 is 10.9 Å². The highest BCUT2D eigenvalue weighted by Gasteiger charge is 2.23. The van der Waals surface area contributed by atoms with Crippen molar-refractivity contribution in [3.63, 3.8) is 0 Å². The number of aromatic nitrogens is 3. The Morgan fingerprint density at radius 2 is 2.00 bits per heavy atom. The predicted octanol–water partition coefficient (Wildman–Crippen LogP) is 2.27. The molecule has 2 aliphatic rings. The molecule has 1 atom stereocenters. The number of anilines is 1. The first kappa shape index (κ1) is 15.5. The molecule has 2 aromatic rings. The number of aryl methyl sites for hydroxylation is 4. The maximum absolute atomic E-state index is 12.5. The molecule has 0 saturated heterocycles. The molecule has 6 nitrogen and oxygen atoms in total. The van der Waals surface area contributed by atoms with Crippen LogP contribution in [0.15, 0.2) is 10.9 Å². The molecule has 0 saturated carbocycles. The molecule has 0 radical (unpaired) electrons. The quantitative estimate of drug-likeness (QED) is 0.926. The molecule has 0 aliphatic heterocycles. The van der Waals surface area contributed by atoms with Gasteiger partial charge in [0.25, 0.3) is 11.5 Å². The fraction of sp³-hybridized carbons (Fsp3) is 0.529. The highest BCUT2D eigenvalue weighted by Crippen LogP contribution is 2.29. The standard InChI is InChI=1S/C17H20N4O2S/c1-10(21-15(22)9-11-5-4-7-12(11)20-21)16(23)19-17-18-13-6-2-3-8-14(13)24-17/h9-10H,2-8H2,1H3,(H,18,19,23)/t10-/m1/s1. The number of rotatable bonds is 3. The topological polar surface area (TPSA) is 76.9 Å². The van der Waals surface area contributed by atoms with Crippen LogP contribution in [0.2, 0.25) is 0 Å². The van der Waals surface area contributed by atoms with Gasteiger partial charge >= 0.3 is 0 Å². The molecular formula is C17H20N4O2S. The molecule has 1 N–H and O–H groups in total. The van der Waals surface area contributed by atoms with Crippen LogP contribution in [0.1, 0.15) is 54.1 Å². The zero-order valence-corrected chi connectivity index (χ0v) is 14.5. The number of nitrogens with one attached hydrogen (secondary N) is 1. The SMILES string of the molecule is C[C@H](C(=O)Nc1nc2c(s1)CCCC2)n1nc2c(cc1=O)CCC2. The van der Waals surface area contributed by atoms with Crippen LogP contribution >= 0.6 is 11.3 Å². The zero-order valence-electron chi connectivity index (χ0n) is 13.7. The van der Waals surface area contributed by atoms with Crippen molar-refractivity contribution in [2.75, 3.05) is 5.32 Å². The second kappa shape index (κ2) is 6.12. The number of hydrogen-bond donors (Lipinski definition) is 1. The van der Waals surface area contributed by atoms with Crippen LogP contribution in [0, 0.1) is 0 Å². The molecule has 0 unspecified atom stereocenters. The monoisotopic (exact) mass is 344 g/mol. The molecule has 2 heterocycles. The zero-order chi connectivity index (χ0) is 16.7. The number of fused-ring (bicyclic) bond motifs is 2. The lowest BCUT2D eigenvalue weighted by Gasteiger charge is -2.14. The third kappa shape index (κ3) is 2.77. The molecule has 126 valence electrons. The fourth-order valence-electron chi connectivity index (χ4n) is 3.42. The summed E-state index contributed by atoms with van der Waals surface area (Å²) in [6, 6.07) is 0.977. The Labute approximate surface area is 143 Å². The number of nitrogens with zero attached hydrogens (tertiary/aromatic N) is 3. The van der Waals surface area contributed by atoms with E-state index in [-0.39, 0.29) is 11.5 Å². The lowest BCUT2D eigenvalue weighted by molar-refractivity contribution is -0.119. The third-order valence-electron chi connectivity index (χ3n) is 4.80. The van der Waals surface area contributed by atoms with Gasteiger partial charge in [0.15, 0.2) is 5.13 Å². The second-order valence-corrected chi connectivity index (χ2v) is 7.60. The highest BCUT2D eigenvalue weighted by atomic mass is 32.1.